The Morgan fingerprint density at radius 1 is 1.19 bits per heavy atom. The average molecular weight is 223 g/mol. The second-order valence-corrected chi connectivity index (χ2v) is 5.17. The van der Waals surface area contributed by atoms with Crippen molar-refractivity contribution < 1.29 is 4.79 Å². The van der Waals surface area contributed by atoms with Crippen molar-refractivity contribution in [1.82, 2.24) is 4.90 Å². The predicted molar refractivity (Wildman–Crippen MR) is 68.2 cm³/mol. The molecule has 1 unspecified atom stereocenters. The molecule has 0 saturated carbocycles. The van der Waals surface area contributed by atoms with Crippen molar-refractivity contribution in [2.45, 2.75) is 66.5 Å². The van der Waals surface area contributed by atoms with Gasteiger partial charge in [-0.1, -0.05) is 27.7 Å². The van der Waals surface area contributed by atoms with E-state index < -0.39 is 0 Å². The maximum atomic E-state index is 12.3. The minimum Gasteiger partial charge on any atom is -0.330 e. The number of hydrogen-bond acceptors (Lipinski definition) is 1. The summed E-state index contributed by atoms with van der Waals surface area (Å²) in [5.74, 6) is 0.751. The van der Waals surface area contributed by atoms with Gasteiger partial charge < -0.3 is 4.90 Å². The summed E-state index contributed by atoms with van der Waals surface area (Å²) in [5.41, 5.74) is 2.44. The van der Waals surface area contributed by atoms with E-state index >= 15 is 0 Å². The van der Waals surface area contributed by atoms with Crippen molar-refractivity contribution >= 4 is 5.91 Å². The smallest absolute Gasteiger partial charge is 0.250 e. The molecule has 0 N–H and O–H groups in total. The van der Waals surface area contributed by atoms with Gasteiger partial charge in [-0.15, -0.1) is 0 Å². The Bertz CT molecular complexity index is 302. The lowest BCUT2D eigenvalue weighted by molar-refractivity contribution is -0.128. The van der Waals surface area contributed by atoms with Crippen LogP contribution in [-0.2, 0) is 4.79 Å². The zero-order valence-corrected chi connectivity index (χ0v) is 11.5. The fourth-order valence-corrected chi connectivity index (χ4v) is 2.87. The molecule has 92 valence electrons. The van der Waals surface area contributed by atoms with E-state index in [0.717, 1.165) is 18.4 Å². The van der Waals surface area contributed by atoms with Gasteiger partial charge in [0.15, 0.2) is 0 Å². The molecule has 0 aromatic carbocycles. The summed E-state index contributed by atoms with van der Waals surface area (Å²) < 4.78 is 0. The molecule has 0 fully saturated rings. The van der Waals surface area contributed by atoms with Gasteiger partial charge in [0.2, 0.25) is 0 Å². The Kier molecular flexibility index (Phi) is 4.17. The van der Waals surface area contributed by atoms with Gasteiger partial charge in [0, 0.05) is 11.6 Å². The van der Waals surface area contributed by atoms with Crippen LogP contribution in [0.5, 0.6) is 0 Å². The van der Waals surface area contributed by atoms with E-state index in [9.17, 15) is 4.79 Å². The molecule has 0 aromatic rings. The maximum Gasteiger partial charge on any atom is 0.250 e. The van der Waals surface area contributed by atoms with E-state index in [0.29, 0.717) is 18.0 Å². The van der Waals surface area contributed by atoms with E-state index in [2.05, 4.69) is 46.4 Å². The number of amides is 1. The van der Waals surface area contributed by atoms with Gasteiger partial charge in [-0.05, 0) is 38.2 Å². The second-order valence-electron chi connectivity index (χ2n) is 5.17. The lowest BCUT2D eigenvalue weighted by Gasteiger charge is -2.31. The van der Waals surface area contributed by atoms with Crippen LogP contribution in [0.4, 0.5) is 0 Å². The van der Waals surface area contributed by atoms with Crippen LogP contribution in [0.15, 0.2) is 11.1 Å². The van der Waals surface area contributed by atoms with Gasteiger partial charge in [0.05, 0.1) is 6.04 Å². The molecule has 1 heterocycles. The van der Waals surface area contributed by atoms with Crippen molar-refractivity contribution in [3.05, 3.63) is 11.1 Å². The second kappa shape index (κ2) is 5.03. The SMILES string of the molecule is CCC1=C(C(C)C)C(CC)N(C(C)C)C1=O. The van der Waals surface area contributed by atoms with Crippen molar-refractivity contribution in [3.8, 4) is 0 Å². The highest BCUT2D eigenvalue weighted by molar-refractivity contribution is 5.98. The van der Waals surface area contributed by atoms with Crippen LogP contribution >= 0.6 is 0 Å². The van der Waals surface area contributed by atoms with Crippen LogP contribution < -0.4 is 0 Å². The molecular formula is C14H25NO. The van der Waals surface area contributed by atoms with Crippen molar-refractivity contribution in [2.75, 3.05) is 0 Å². The van der Waals surface area contributed by atoms with Crippen LogP contribution in [0, 0.1) is 5.92 Å². The highest BCUT2D eigenvalue weighted by atomic mass is 16.2. The molecule has 1 aliphatic rings. The predicted octanol–water partition coefficient (Wildman–Crippen LogP) is 3.38. The first-order chi connectivity index (χ1) is 7.45. The summed E-state index contributed by atoms with van der Waals surface area (Å²) in [6, 6.07) is 0.637. The van der Waals surface area contributed by atoms with Gasteiger partial charge in [0.25, 0.3) is 5.91 Å². The molecule has 1 amide bonds. The number of carbonyl (C=O) groups is 1. The summed E-state index contributed by atoms with van der Waals surface area (Å²) in [5, 5.41) is 0. The van der Waals surface area contributed by atoms with Gasteiger partial charge in [-0.2, -0.15) is 0 Å². The van der Waals surface area contributed by atoms with Gasteiger partial charge >= 0.3 is 0 Å². The summed E-state index contributed by atoms with van der Waals surface area (Å²) in [4.78, 5) is 14.4. The minimum absolute atomic E-state index is 0.271. The normalized spacial score (nSPS) is 21.9. The Morgan fingerprint density at radius 3 is 2.06 bits per heavy atom. The Balaban J connectivity index is 3.17. The highest BCUT2D eigenvalue weighted by Crippen LogP contribution is 2.35. The van der Waals surface area contributed by atoms with Crippen LogP contribution in [0.25, 0.3) is 0 Å². The molecule has 0 spiro atoms. The fraction of sp³-hybridized carbons (Fsp3) is 0.786. The molecule has 16 heavy (non-hydrogen) atoms. The molecule has 0 saturated heterocycles. The van der Waals surface area contributed by atoms with E-state index in [1.165, 1.54) is 5.57 Å². The topological polar surface area (TPSA) is 20.3 Å². The summed E-state index contributed by atoms with van der Waals surface area (Å²) >= 11 is 0. The van der Waals surface area contributed by atoms with Crippen LogP contribution in [0.3, 0.4) is 0 Å². The first-order valence-corrected chi connectivity index (χ1v) is 6.51. The molecule has 1 aliphatic heterocycles. The van der Waals surface area contributed by atoms with Crippen molar-refractivity contribution in [1.29, 1.82) is 0 Å². The molecule has 1 rings (SSSR count). The molecule has 0 radical (unpaired) electrons. The lowest BCUT2D eigenvalue weighted by Crippen LogP contribution is -2.41. The zero-order chi connectivity index (χ0) is 12.5. The lowest BCUT2D eigenvalue weighted by atomic mass is 9.91. The molecule has 1 atom stereocenters. The monoisotopic (exact) mass is 223 g/mol. The molecule has 0 aliphatic carbocycles. The average Bonchev–Trinajstić information content (AvgIpc) is 2.50. The fourth-order valence-electron chi connectivity index (χ4n) is 2.87. The van der Waals surface area contributed by atoms with E-state index in [1.807, 2.05) is 0 Å². The number of rotatable bonds is 4. The van der Waals surface area contributed by atoms with E-state index in [1.54, 1.807) is 0 Å². The molecule has 2 nitrogen and oxygen atoms in total. The molecule has 0 bridgehead atoms. The Hall–Kier alpha value is -0.790. The third-order valence-corrected chi connectivity index (χ3v) is 3.45. The number of hydrogen-bond donors (Lipinski definition) is 0. The summed E-state index contributed by atoms with van der Waals surface area (Å²) in [7, 11) is 0. The molecule has 2 heteroatoms. The standard InChI is InChI=1S/C14H25NO/c1-7-11-13(9(3)4)12(8-2)15(10(5)6)14(11)16/h9-10,12H,7-8H2,1-6H3. The Labute approximate surface area is 99.7 Å². The van der Waals surface area contributed by atoms with E-state index in [-0.39, 0.29) is 5.91 Å². The Morgan fingerprint density at radius 2 is 1.75 bits per heavy atom. The first-order valence-electron chi connectivity index (χ1n) is 6.51. The maximum absolute atomic E-state index is 12.3. The van der Waals surface area contributed by atoms with Crippen molar-refractivity contribution in [2.24, 2.45) is 5.92 Å². The summed E-state index contributed by atoms with van der Waals surface area (Å²) in [6.45, 7) is 12.9. The highest BCUT2D eigenvalue weighted by Gasteiger charge is 2.39. The van der Waals surface area contributed by atoms with Crippen LogP contribution in [0.1, 0.15) is 54.4 Å². The van der Waals surface area contributed by atoms with Crippen LogP contribution in [0.2, 0.25) is 0 Å². The summed E-state index contributed by atoms with van der Waals surface area (Å²) in [6.07, 6.45) is 1.90. The minimum atomic E-state index is 0.271. The zero-order valence-electron chi connectivity index (χ0n) is 11.5. The van der Waals surface area contributed by atoms with Gasteiger partial charge in [0.1, 0.15) is 0 Å². The van der Waals surface area contributed by atoms with Crippen molar-refractivity contribution in [3.63, 3.8) is 0 Å². The third kappa shape index (κ3) is 2.02. The van der Waals surface area contributed by atoms with Crippen LogP contribution in [-0.4, -0.2) is 22.9 Å². The molecule has 0 aromatic heterocycles. The largest absolute Gasteiger partial charge is 0.330 e. The third-order valence-electron chi connectivity index (χ3n) is 3.45. The first kappa shape index (κ1) is 13.3. The van der Waals surface area contributed by atoms with E-state index in [4.69, 9.17) is 0 Å². The number of nitrogens with zero attached hydrogens (tertiary/aromatic N) is 1. The quantitative estimate of drug-likeness (QED) is 0.715. The molecular weight excluding hydrogens is 198 g/mol. The van der Waals surface area contributed by atoms with Gasteiger partial charge in [-0.25, -0.2) is 0 Å². The van der Waals surface area contributed by atoms with Gasteiger partial charge in [-0.3, -0.25) is 4.79 Å². The number of carbonyl (C=O) groups excluding carboxylic acids is 1.